The summed E-state index contributed by atoms with van der Waals surface area (Å²) in [5, 5.41) is 0. The van der Waals surface area contributed by atoms with E-state index in [9.17, 15) is 0 Å². The van der Waals surface area contributed by atoms with Gasteiger partial charge >= 0.3 is 0 Å². The number of hydrogen-bond donors (Lipinski definition) is 0. The Morgan fingerprint density at radius 3 is 1.30 bits per heavy atom. The van der Waals surface area contributed by atoms with Crippen molar-refractivity contribution in [2.75, 3.05) is 24.6 Å². The fourth-order valence-electron chi connectivity index (χ4n) is 7.49. The van der Waals surface area contributed by atoms with Gasteiger partial charge in [-0.1, -0.05) is 90.9 Å². The van der Waals surface area contributed by atoms with E-state index in [1.165, 1.54) is 68.0 Å². The maximum absolute atomic E-state index is 2.38. The maximum Gasteiger partial charge on any atom is -0.0312 e. The van der Waals surface area contributed by atoms with E-state index in [1.54, 1.807) is 76.5 Å². The van der Waals surface area contributed by atoms with Crippen molar-refractivity contribution in [3.8, 4) is 0 Å². The topological polar surface area (TPSA) is 0 Å². The minimum absolute atomic E-state index is 1.11. The smallest absolute Gasteiger partial charge is 0.0312 e. The number of hydrogen-bond acceptors (Lipinski definition) is 0. The van der Waals surface area contributed by atoms with Crippen LogP contribution >= 0.6 is 17.2 Å². The van der Waals surface area contributed by atoms with Crippen LogP contribution in [0, 0.1) is 35.5 Å². The van der Waals surface area contributed by atoms with Crippen molar-refractivity contribution in [2.24, 2.45) is 35.5 Å². The van der Waals surface area contributed by atoms with Gasteiger partial charge in [-0.3, -0.25) is 0 Å². The zero-order chi connectivity index (χ0) is 21.0. The Bertz CT molecular complexity index is 384. The summed E-state index contributed by atoms with van der Waals surface area (Å²) in [6.45, 7) is 4.76. The summed E-state index contributed by atoms with van der Waals surface area (Å²) in [7, 11) is 2.53. The lowest BCUT2D eigenvalue weighted by atomic mass is 9.58. The van der Waals surface area contributed by atoms with Crippen LogP contribution in [-0.4, -0.2) is 24.6 Å². The third kappa shape index (κ3) is 7.72. The molecule has 3 saturated carbocycles. The predicted octanol–water partition coefficient (Wildman–Crippen LogP) is 9.36. The lowest BCUT2D eigenvalue weighted by molar-refractivity contribution is 0.0282. The molecule has 6 unspecified atom stereocenters. The molecule has 0 bridgehead atoms. The van der Waals surface area contributed by atoms with Gasteiger partial charge in [-0.15, -0.1) is 17.2 Å². The molecule has 3 rings (SSSR count). The Kier molecular flexibility index (Phi) is 12.7. The van der Waals surface area contributed by atoms with E-state index in [0.717, 1.165) is 35.5 Å². The van der Waals surface area contributed by atoms with Crippen molar-refractivity contribution < 1.29 is 0 Å². The van der Waals surface area contributed by atoms with Gasteiger partial charge in [0.1, 0.15) is 0 Å². The monoisotopic (exact) mass is 452 g/mol. The second-order valence-electron chi connectivity index (χ2n) is 11.1. The van der Waals surface area contributed by atoms with E-state index in [-0.39, 0.29) is 0 Å². The van der Waals surface area contributed by atoms with Crippen LogP contribution in [0.15, 0.2) is 0 Å². The van der Waals surface area contributed by atoms with Crippen LogP contribution in [0.25, 0.3) is 0 Å². The Morgan fingerprint density at radius 2 is 0.933 bits per heavy atom. The molecule has 0 aromatic rings. The Hall–Kier alpha value is 0.860. The fourth-order valence-corrected chi connectivity index (χ4v) is 11.0. The van der Waals surface area contributed by atoms with Gasteiger partial charge in [0.15, 0.2) is 0 Å². The van der Waals surface area contributed by atoms with Gasteiger partial charge in [0.2, 0.25) is 0 Å². The summed E-state index contributed by atoms with van der Waals surface area (Å²) < 4.78 is 0. The zero-order valence-corrected chi connectivity index (χ0v) is 22.6. The van der Waals surface area contributed by atoms with Crippen LogP contribution in [0.3, 0.4) is 0 Å². The van der Waals surface area contributed by atoms with Crippen molar-refractivity contribution in [2.45, 2.75) is 117 Å². The first kappa shape index (κ1) is 25.5. The minimum Gasteiger partial charge on any atom is -0.122 e. The van der Waals surface area contributed by atoms with Gasteiger partial charge < -0.3 is 0 Å². The van der Waals surface area contributed by atoms with Gasteiger partial charge in [-0.2, -0.15) is 0 Å². The Morgan fingerprint density at radius 1 is 0.533 bits per heavy atom. The highest BCUT2D eigenvalue weighted by molar-refractivity contribution is 7.38. The third-order valence-electron chi connectivity index (χ3n) is 9.17. The van der Waals surface area contributed by atoms with E-state index < -0.39 is 0 Å². The molecule has 0 nitrogen and oxygen atoms in total. The van der Waals surface area contributed by atoms with E-state index in [2.05, 4.69) is 13.8 Å². The fraction of sp³-hybridized carbons (Fsp3) is 1.00. The average Bonchev–Trinajstić information content (AvgIpc) is 2.81. The lowest BCUT2D eigenvalue weighted by Gasteiger charge is -2.50. The molecule has 0 heterocycles. The van der Waals surface area contributed by atoms with Crippen molar-refractivity contribution >= 4 is 17.2 Å². The molecular formula is C28H54P2. The molecule has 3 aliphatic rings. The SMILES string of the molecule is CCCCPCC1C(C2CCCCC2)CCC(C2CCCCC2)C1CPCCCC. The lowest BCUT2D eigenvalue weighted by Crippen LogP contribution is -2.43. The van der Waals surface area contributed by atoms with E-state index in [1.807, 2.05) is 0 Å². The first-order chi connectivity index (χ1) is 14.8. The molecule has 0 radical (unpaired) electrons. The van der Waals surface area contributed by atoms with Crippen LogP contribution in [0.4, 0.5) is 0 Å². The van der Waals surface area contributed by atoms with E-state index in [0.29, 0.717) is 0 Å². The Labute approximate surface area is 193 Å². The summed E-state index contributed by atoms with van der Waals surface area (Å²) >= 11 is 0. The highest BCUT2D eigenvalue weighted by atomic mass is 31.1. The van der Waals surface area contributed by atoms with Crippen LogP contribution in [0.2, 0.25) is 0 Å². The van der Waals surface area contributed by atoms with E-state index in [4.69, 9.17) is 0 Å². The molecule has 6 atom stereocenters. The van der Waals surface area contributed by atoms with Gasteiger partial charge in [-0.25, -0.2) is 0 Å². The van der Waals surface area contributed by atoms with Crippen LogP contribution < -0.4 is 0 Å². The molecule has 0 N–H and O–H groups in total. The average molecular weight is 453 g/mol. The van der Waals surface area contributed by atoms with Crippen LogP contribution in [0.1, 0.15) is 117 Å². The molecule has 0 amide bonds. The van der Waals surface area contributed by atoms with Crippen molar-refractivity contribution in [1.82, 2.24) is 0 Å². The van der Waals surface area contributed by atoms with E-state index >= 15 is 0 Å². The second-order valence-corrected chi connectivity index (χ2v) is 14.0. The zero-order valence-electron chi connectivity index (χ0n) is 20.6. The molecule has 3 aliphatic carbocycles. The molecule has 2 heteroatoms. The predicted molar refractivity (Wildman–Crippen MR) is 142 cm³/mol. The summed E-state index contributed by atoms with van der Waals surface area (Å²) in [6.07, 6.45) is 30.8. The first-order valence-electron chi connectivity index (χ1n) is 14.3. The summed E-state index contributed by atoms with van der Waals surface area (Å²) in [5.41, 5.74) is 0. The van der Waals surface area contributed by atoms with Gasteiger partial charge in [0.05, 0.1) is 0 Å². The van der Waals surface area contributed by atoms with Crippen molar-refractivity contribution in [1.29, 1.82) is 0 Å². The Balaban J connectivity index is 1.72. The first-order valence-corrected chi connectivity index (χ1v) is 17.1. The summed E-state index contributed by atoms with van der Waals surface area (Å²) in [5.74, 6) is 6.65. The van der Waals surface area contributed by atoms with Crippen LogP contribution in [0.5, 0.6) is 0 Å². The molecule has 0 aliphatic heterocycles. The number of unbranched alkanes of at least 4 members (excludes halogenated alkanes) is 2. The molecule has 176 valence electrons. The van der Waals surface area contributed by atoms with Crippen molar-refractivity contribution in [3.05, 3.63) is 0 Å². The van der Waals surface area contributed by atoms with Crippen molar-refractivity contribution in [3.63, 3.8) is 0 Å². The van der Waals surface area contributed by atoms with Gasteiger partial charge in [0, 0.05) is 0 Å². The quantitative estimate of drug-likeness (QED) is 0.204. The summed E-state index contributed by atoms with van der Waals surface area (Å²) in [4.78, 5) is 0. The molecule has 3 fully saturated rings. The second kappa shape index (κ2) is 14.9. The molecule has 0 spiro atoms. The molecule has 0 aromatic carbocycles. The normalized spacial score (nSPS) is 32.6. The third-order valence-corrected chi connectivity index (χ3v) is 12.1. The molecule has 30 heavy (non-hydrogen) atoms. The van der Waals surface area contributed by atoms with Gasteiger partial charge in [0.25, 0.3) is 0 Å². The molecule has 0 aromatic heterocycles. The van der Waals surface area contributed by atoms with Gasteiger partial charge in [-0.05, 0) is 85.8 Å². The number of rotatable bonds is 12. The largest absolute Gasteiger partial charge is 0.122 e. The highest BCUT2D eigenvalue weighted by Crippen LogP contribution is 2.53. The molecular weight excluding hydrogens is 398 g/mol. The maximum atomic E-state index is 2.38. The highest BCUT2D eigenvalue weighted by Gasteiger charge is 2.44. The van der Waals surface area contributed by atoms with Crippen LogP contribution in [-0.2, 0) is 0 Å². The molecule has 0 saturated heterocycles. The minimum atomic E-state index is 1.11. The summed E-state index contributed by atoms with van der Waals surface area (Å²) in [6, 6.07) is 0. The standard InChI is InChI=1S/C28H54P2/c1-3-5-19-29-21-27-25(23-13-9-7-10-14-23)17-18-26(24-15-11-8-12-16-24)28(27)22-30-20-6-4-2/h23-30H,3-22H2,1-2H3.